The van der Waals surface area contributed by atoms with Crippen molar-refractivity contribution < 1.29 is 5.11 Å². The molecule has 0 aliphatic carbocycles. The number of hydrogen-bond donors (Lipinski definition) is 1. The highest BCUT2D eigenvalue weighted by Gasteiger charge is 2.28. The van der Waals surface area contributed by atoms with E-state index < -0.39 is 5.60 Å². The maximum atomic E-state index is 10.8. The van der Waals surface area contributed by atoms with Gasteiger partial charge in [-0.05, 0) is 17.5 Å². The zero-order valence-electron chi connectivity index (χ0n) is 11.4. The summed E-state index contributed by atoms with van der Waals surface area (Å²) < 4.78 is 0. The summed E-state index contributed by atoms with van der Waals surface area (Å²) in [6.07, 6.45) is 0.668. The van der Waals surface area contributed by atoms with Crippen molar-refractivity contribution in [3.05, 3.63) is 71.8 Å². The van der Waals surface area contributed by atoms with E-state index >= 15 is 0 Å². The quantitative estimate of drug-likeness (QED) is 0.848. The van der Waals surface area contributed by atoms with Crippen LogP contribution in [0.3, 0.4) is 0 Å². The highest BCUT2D eigenvalue weighted by Crippen LogP contribution is 2.32. The van der Waals surface area contributed by atoms with Crippen LogP contribution in [0.1, 0.15) is 38.3 Å². The highest BCUT2D eigenvalue weighted by molar-refractivity contribution is 5.35. The summed E-state index contributed by atoms with van der Waals surface area (Å²) >= 11 is 0. The van der Waals surface area contributed by atoms with Crippen molar-refractivity contribution in [1.82, 2.24) is 0 Å². The van der Waals surface area contributed by atoms with Crippen molar-refractivity contribution in [2.45, 2.75) is 32.8 Å². The molecule has 0 amide bonds. The van der Waals surface area contributed by atoms with E-state index in [0.29, 0.717) is 6.42 Å². The monoisotopic (exact) mass is 242 g/mol. The predicted octanol–water partition coefficient (Wildman–Crippen LogP) is 4.36. The Morgan fingerprint density at radius 1 is 0.778 bits per heavy atom. The minimum absolute atomic E-state index is 0.668. The van der Waals surface area contributed by atoms with Crippen molar-refractivity contribution in [3.8, 4) is 0 Å². The average molecular weight is 242 g/mol. The first-order valence-corrected chi connectivity index (χ1v) is 6.61. The minimum atomic E-state index is -0.872. The summed E-state index contributed by atoms with van der Waals surface area (Å²) in [5.74, 6) is 0. The fourth-order valence-corrected chi connectivity index (χ4v) is 2.00. The summed E-state index contributed by atoms with van der Waals surface area (Å²) in [6, 6.07) is 19.6. The van der Waals surface area contributed by atoms with Crippen LogP contribution in [-0.4, -0.2) is 5.11 Å². The molecule has 1 heteroatoms. The van der Waals surface area contributed by atoms with Gasteiger partial charge in [-0.3, -0.25) is 0 Å². The molecule has 2 aromatic carbocycles. The standard InChI is InChI=1S/C15H16O.C2H6/c1-2-15(16,13-9-5-3-6-10-13)14-11-7-4-8-12-14;1-2/h3-12,16H,2H2,1H3;1-2H3. The first-order chi connectivity index (χ1) is 8.77. The molecular formula is C17H22O. The molecule has 0 fully saturated rings. The lowest BCUT2D eigenvalue weighted by Crippen LogP contribution is -2.25. The Morgan fingerprint density at radius 2 is 1.11 bits per heavy atom. The van der Waals surface area contributed by atoms with Crippen LogP contribution in [0.15, 0.2) is 60.7 Å². The van der Waals surface area contributed by atoms with Crippen LogP contribution in [0.4, 0.5) is 0 Å². The average Bonchev–Trinajstić information content (AvgIpc) is 2.50. The van der Waals surface area contributed by atoms with Crippen LogP contribution in [-0.2, 0) is 5.60 Å². The zero-order valence-corrected chi connectivity index (χ0v) is 11.4. The number of benzene rings is 2. The van der Waals surface area contributed by atoms with Crippen LogP contribution in [0.25, 0.3) is 0 Å². The molecule has 0 aromatic heterocycles. The summed E-state index contributed by atoms with van der Waals surface area (Å²) in [4.78, 5) is 0. The fraction of sp³-hybridized carbons (Fsp3) is 0.294. The summed E-state index contributed by atoms with van der Waals surface area (Å²) in [6.45, 7) is 6.00. The van der Waals surface area contributed by atoms with Gasteiger partial charge < -0.3 is 5.11 Å². The Kier molecular flexibility index (Phi) is 5.60. The second-order valence-corrected chi connectivity index (χ2v) is 3.95. The Labute approximate surface area is 110 Å². The van der Waals surface area contributed by atoms with E-state index in [0.717, 1.165) is 11.1 Å². The Hall–Kier alpha value is -1.60. The van der Waals surface area contributed by atoms with Gasteiger partial charge in [0.25, 0.3) is 0 Å². The van der Waals surface area contributed by atoms with Crippen molar-refractivity contribution in [2.24, 2.45) is 0 Å². The molecule has 18 heavy (non-hydrogen) atoms. The van der Waals surface area contributed by atoms with Gasteiger partial charge in [-0.1, -0.05) is 81.4 Å². The zero-order chi connectivity index (χ0) is 13.4. The maximum absolute atomic E-state index is 10.8. The molecule has 1 nitrogen and oxygen atoms in total. The second-order valence-electron chi connectivity index (χ2n) is 3.95. The van der Waals surface area contributed by atoms with E-state index in [1.807, 2.05) is 81.4 Å². The van der Waals surface area contributed by atoms with Gasteiger partial charge in [0, 0.05) is 0 Å². The SMILES string of the molecule is CC.CCC(O)(c1ccccc1)c1ccccc1. The molecule has 0 unspecified atom stereocenters. The third-order valence-corrected chi connectivity index (χ3v) is 3.01. The van der Waals surface area contributed by atoms with E-state index in [1.54, 1.807) is 0 Å². The first kappa shape index (κ1) is 14.5. The van der Waals surface area contributed by atoms with Crippen molar-refractivity contribution >= 4 is 0 Å². The third kappa shape index (κ3) is 2.99. The molecule has 1 N–H and O–H groups in total. The molecule has 0 aliphatic rings. The van der Waals surface area contributed by atoms with Crippen molar-refractivity contribution in [3.63, 3.8) is 0 Å². The van der Waals surface area contributed by atoms with Gasteiger partial charge in [-0.2, -0.15) is 0 Å². The molecular weight excluding hydrogens is 220 g/mol. The smallest absolute Gasteiger partial charge is 0.114 e. The van der Waals surface area contributed by atoms with Crippen LogP contribution in [0.2, 0.25) is 0 Å². The van der Waals surface area contributed by atoms with Gasteiger partial charge in [0.1, 0.15) is 5.60 Å². The Morgan fingerprint density at radius 3 is 1.39 bits per heavy atom. The Balaban J connectivity index is 0.000000771. The molecule has 0 saturated carbocycles. The van der Waals surface area contributed by atoms with Gasteiger partial charge in [-0.25, -0.2) is 0 Å². The van der Waals surface area contributed by atoms with Gasteiger partial charge in [0.05, 0.1) is 0 Å². The molecule has 0 saturated heterocycles. The van der Waals surface area contributed by atoms with E-state index in [9.17, 15) is 5.11 Å². The van der Waals surface area contributed by atoms with E-state index in [4.69, 9.17) is 0 Å². The lowest BCUT2D eigenvalue weighted by atomic mass is 9.84. The molecule has 0 bridgehead atoms. The molecule has 0 spiro atoms. The van der Waals surface area contributed by atoms with Gasteiger partial charge in [0.2, 0.25) is 0 Å². The molecule has 0 heterocycles. The molecule has 0 radical (unpaired) electrons. The van der Waals surface area contributed by atoms with Crippen LogP contribution < -0.4 is 0 Å². The second kappa shape index (κ2) is 6.97. The molecule has 0 atom stereocenters. The topological polar surface area (TPSA) is 20.2 Å². The lowest BCUT2D eigenvalue weighted by Gasteiger charge is -2.28. The van der Waals surface area contributed by atoms with Crippen LogP contribution in [0, 0.1) is 0 Å². The molecule has 96 valence electrons. The number of aliphatic hydroxyl groups is 1. The van der Waals surface area contributed by atoms with Crippen molar-refractivity contribution in [2.75, 3.05) is 0 Å². The largest absolute Gasteiger partial charge is 0.380 e. The summed E-state index contributed by atoms with van der Waals surface area (Å²) in [7, 11) is 0. The van der Waals surface area contributed by atoms with Gasteiger partial charge in [-0.15, -0.1) is 0 Å². The molecule has 2 aromatic rings. The lowest BCUT2D eigenvalue weighted by molar-refractivity contribution is 0.0765. The van der Waals surface area contributed by atoms with E-state index in [-0.39, 0.29) is 0 Å². The third-order valence-electron chi connectivity index (χ3n) is 3.01. The number of hydrogen-bond acceptors (Lipinski definition) is 1. The highest BCUT2D eigenvalue weighted by atomic mass is 16.3. The predicted molar refractivity (Wildman–Crippen MR) is 77.5 cm³/mol. The summed E-state index contributed by atoms with van der Waals surface area (Å²) in [5.41, 5.74) is 1.02. The minimum Gasteiger partial charge on any atom is -0.380 e. The van der Waals surface area contributed by atoms with Gasteiger partial charge >= 0.3 is 0 Å². The Bertz CT molecular complexity index is 394. The van der Waals surface area contributed by atoms with E-state index in [2.05, 4.69) is 0 Å². The van der Waals surface area contributed by atoms with E-state index in [1.165, 1.54) is 0 Å². The first-order valence-electron chi connectivity index (χ1n) is 6.61. The van der Waals surface area contributed by atoms with Gasteiger partial charge in [0.15, 0.2) is 0 Å². The van der Waals surface area contributed by atoms with Crippen molar-refractivity contribution in [1.29, 1.82) is 0 Å². The fourth-order valence-electron chi connectivity index (χ4n) is 2.00. The maximum Gasteiger partial charge on any atom is 0.114 e. The van der Waals surface area contributed by atoms with Crippen LogP contribution in [0.5, 0.6) is 0 Å². The van der Waals surface area contributed by atoms with Crippen LogP contribution >= 0.6 is 0 Å². The molecule has 2 rings (SSSR count). The molecule has 0 aliphatic heterocycles. The number of rotatable bonds is 3. The normalized spacial score (nSPS) is 10.4. The summed E-state index contributed by atoms with van der Waals surface area (Å²) in [5, 5.41) is 10.8.